The lowest BCUT2D eigenvalue weighted by atomic mass is 10.3. The Hall–Kier alpha value is -3.29. The van der Waals surface area contributed by atoms with Gasteiger partial charge in [0, 0.05) is 38.9 Å². The van der Waals surface area contributed by atoms with E-state index in [2.05, 4.69) is 11.6 Å². The molecule has 0 fully saturated rings. The average molecular weight is 353 g/mol. The molecule has 0 radical (unpaired) electrons. The molecule has 8 nitrogen and oxygen atoms in total. The third kappa shape index (κ3) is 2.26. The van der Waals surface area contributed by atoms with Crippen molar-refractivity contribution in [3.63, 3.8) is 0 Å². The van der Waals surface area contributed by atoms with E-state index in [1.165, 1.54) is 11.6 Å². The molecule has 0 unspecified atom stereocenters. The molecule has 8 heteroatoms. The van der Waals surface area contributed by atoms with Gasteiger partial charge in [-0.25, -0.2) is 4.79 Å². The Morgan fingerprint density at radius 2 is 2.04 bits per heavy atom. The Labute approximate surface area is 149 Å². The van der Waals surface area contributed by atoms with E-state index >= 15 is 0 Å². The summed E-state index contributed by atoms with van der Waals surface area (Å²) >= 11 is 0. The van der Waals surface area contributed by atoms with E-state index in [9.17, 15) is 9.59 Å². The van der Waals surface area contributed by atoms with Crippen molar-refractivity contribution in [3.05, 3.63) is 57.8 Å². The second-order valence-corrected chi connectivity index (χ2v) is 6.19. The molecule has 0 saturated heterocycles. The van der Waals surface area contributed by atoms with Crippen LogP contribution in [0.2, 0.25) is 0 Å². The van der Waals surface area contributed by atoms with Gasteiger partial charge in [0.25, 0.3) is 5.56 Å². The fourth-order valence-corrected chi connectivity index (χ4v) is 3.29. The van der Waals surface area contributed by atoms with Gasteiger partial charge in [-0.05, 0) is 12.1 Å². The van der Waals surface area contributed by atoms with E-state index in [4.69, 9.17) is 4.74 Å². The van der Waals surface area contributed by atoms with Crippen molar-refractivity contribution in [1.29, 1.82) is 0 Å². The van der Waals surface area contributed by atoms with Crippen molar-refractivity contribution in [2.45, 2.75) is 6.54 Å². The lowest BCUT2D eigenvalue weighted by Crippen LogP contribution is -2.37. The topological polar surface area (TPSA) is 74.3 Å². The summed E-state index contributed by atoms with van der Waals surface area (Å²) in [6, 6.07) is 7.68. The first-order valence-electron chi connectivity index (χ1n) is 8.30. The first-order chi connectivity index (χ1) is 12.5. The molecular weight excluding hydrogens is 334 g/mol. The Balaban J connectivity index is 1.85. The van der Waals surface area contributed by atoms with Gasteiger partial charge in [0.15, 0.2) is 11.2 Å². The Kier molecular flexibility index (Phi) is 3.68. The second kappa shape index (κ2) is 5.91. The summed E-state index contributed by atoms with van der Waals surface area (Å²) < 4.78 is 9.99. The molecule has 3 aromatic rings. The lowest BCUT2D eigenvalue weighted by molar-refractivity contribution is 0.363. The average Bonchev–Trinajstić information content (AvgIpc) is 3.22. The van der Waals surface area contributed by atoms with Gasteiger partial charge in [0.2, 0.25) is 5.95 Å². The molecule has 0 atom stereocenters. The maximum absolute atomic E-state index is 12.6. The molecule has 3 heterocycles. The largest absolute Gasteiger partial charge is 0.489 e. The molecule has 0 aliphatic carbocycles. The zero-order chi connectivity index (χ0) is 18.4. The molecule has 0 amide bonds. The van der Waals surface area contributed by atoms with E-state index in [0.29, 0.717) is 36.8 Å². The zero-order valence-corrected chi connectivity index (χ0v) is 14.7. The van der Waals surface area contributed by atoms with Crippen LogP contribution in [0.5, 0.6) is 5.75 Å². The molecule has 1 aromatic carbocycles. The summed E-state index contributed by atoms with van der Waals surface area (Å²) in [7, 11) is 3.11. The van der Waals surface area contributed by atoms with Crippen molar-refractivity contribution in [2.24, 2.45) is 14.1 Å². The molecular formula is C18H19N5O3. The number of hydrogen-bond donors (Lipinski definition) is 0. The minimum atomic E-state index is -0.384. The monoisotopic (exact) mass is 353 g/mol. The van der Waals surface area contributed by atoms with Gasteiger partial charge >= 0.3 is 5.69 Å². The van der Waals surface area contributed by atoms with Crippen LogP contribution < -0.4 is 20.9 Å². The van der Waals surface area contributed by atoms with Crippen LogP contribution in [-0.2, 0) is 20.6 Å². The van der Waals surface area contributed by atoms with E-state index in [1.807, 2.05) is 33.7 Å². The van der Waals surface area contributed by atoms with Crippen molar-refractivity contribution < 1.29 is 4.74 Å². The van der Waals surface area contributed by atoms with Gasteiger partial charge in [-0.15, -0.1) is 0 Å². The van der Waals surface area contributed by atoms with E-state index in [-0.39, 0.29) is 11.2 Å². The summed E-state index contributed by atoms with van der Waals surface area (Å²) in [6.07, 6.45) is 1.69. The number of benzene rings is 1. The van der Waals surface area contributed by atoms with Crippen LogP contribution in [0.25, 0.3) is 11.2 Å². The molecule has 26 heavy (non-hydrogen) atoms. The van der Waals surface area contributed by atoms with Crippen molar-refractivity contribution in [1.82, 2.24) is 18.7 Å². The highest BCUT2D eigenvalue weighted by atomic mass is 16.5. The van der Waals surface area contributed by atoms with Crippen LogP contribution in [0.1, 0.15) is 0 Å². The van der Waals surface area contributed by atoms with Gasteiger partial charge in [0.05, 0.1) is 0 Å². The molecule has 4 rings (SSSR count). The smallest absolute Gasteiger partial charge is 0.332 e. The van der Waals surface area contributed by atoms with Crippen LogP contribution in [0.15, 0.2) is 46.5 Å². The fourth-order valence-electron chi connectivity index (χ4n) is 3.29. The number of aromatic nitrogens is 4. The number of imidazole rings is 1. The molecule has 1 aliphatic rings. The highest BCUT2D eigenvalue weighted by molar-refractivity contribution is 5.77. The van der Waals surface area contributed by atoms with Crippen LogP contribution in [0.4, 0.5) is 11.6 Å². The number of aryl methyl sites for hydroxylation is 1. The van der Waals surface area contributed by atoms with Crippen molar-refractivity contribution in [2.75, 3.05) is 18.1 Å². The quantitative estimate of drug-likeness (QED) is 0.658. The summed E-state index contributed by atoms with van der Waals surface area (Å²) in [5, 5.41) is 0. The minimum absolute atomic E-state index is 0.327. The summed E-state index contributed by atoms with van der Waals surface area (Å²) in [4.78, 5) is 31.3. The van der Waals surface area contributed by atoms with Gasteiger partial charge in [-0.2, -0.15) is 4.98 Å². The Morgan fingerprint density at radius 1 is 1.23 bits per heavy atom. The minimum Gasteiger partial charge on any atom is -0.489 e. The second-order valence-electron chi connectivity index (χ2n) is 6.19. The SMILES string of the molecule is C=CCOc1cccc(N2CCn3c2nc2c3c(=O)n(C)c(=O)n2C)c1. The molecule has 1 aliphatic heterocycles. The predicted octanol–water partition coefficient (Wildman–Crippen LogP) is 1.15. The van der Waals surface area contributed by atoms with Crippen molar-refractivity contribution >= 4 is 22.8 Å². The first-order valence-corrected chi connectivity index (χ1v) is 8.30. The highest BCUT2D eigenvalue weighted by Gasteiger charge is 2.28. The third-order valence-corrected chi connectivity index (χ3v) is 4.61. The van der Waals surface area contributed by atoms with Gasteiger partial charge in [-0.1, -0.05) is 18.7 Å². The number of nitrogens with zero attached hydrogens (tertiary/aromatic N) is 5. The standard InChI is InChI=1S/C18H19N5O3/c1-4-10-26-13-7-5-6-12(11-13)22-8-9-23-14-15(19-17(22)23)20(2)18(25)21(3)16(14)24/h4-7,11H,1,8-10H2,2-3H3. The third-order valence-electron chi connectivity index (χ3n) is 4.61. The van der Waals surface area contributed by atoms with Crippen molar-refractivity contribution in [3.8, 4) is 5.75 Å². The molecule has 0 N–H and O–H groups in total. The summed E-state index contributed by atoms with van der Waals surface area (Å²) in [5.74, 6) is 1.39. The van der Waals surface area contributed by atoms with Crippen LogP contribution in [0.3, 0.4) is 0 Å². The number of hydrogen-bond acceptors (Lipinski definition) is 5. The van der Waals surface area contributed by atoms with Gasteiger partial charge < -0.3 is 14.2 Å². The molecule has 134 valence electrons. The number of fused-ring (bicyclic) bond motifs is 3. The van der Waals surface area contributed by atoms with Crippen LogP contribution in [0, 0.1) is 0 Å². The first kappa shape index (κ1) is 16.2. The molecule has 0 spiro atoms. The summed E-state index contributed by atoms with van der Waals surface area (Å²) in [5.41, 5.74) is 1.06. The zero-order valence-electron chi connectivity index (χ0n) is 14.7. The maximum Gasteiger partial charge on any atom is 0.332 e. The lowest BCUT2D eigenvalue weighted by Gasteiger charge is -2.17. The number of rotatable bonds is 4. The van der Waals surface area contributed by atoms with Gasteiger partial charge in [-0.3, -0.25) is 13.9 Å². The number of anilines is 2. The van der Waals surface area contributed by atoms with Crippen LogP contribution >= 0.6 is 0 Å². The van der Waals surface area contributed by atoms with Crippen LogP contribution in [-0.4, -0.2) is 31.8 Å². The molecule has 2 aromatic heterocycles. The molecule has 0 bridgehead atoms. The Morgan fingerprint density at radius 3 is 2.81 bits per heavy atom. The van der Waals surface area contributed by atoms with Gasteiger partial charge in [0.1, 0.15) is 12.4 Å². The van der Waals surface area contributed by atoms with E-state index in [0.717, 1.165) is 16.0 Å². The maximum atomic E-state index is 12.6. The fraction of sp³-hybridized carbons (Fsp3) is 0.278. The summed E-state index contributed by atoms with van der Waals surface area (Å²) in [6.45, 7) is 5.39. The molecule has 0 saturated carbocycles. The Bertz CT molecular complexity index is 1140. The van der Waals surface area contributed by atoms with E-state index in [1.54, 1.807) is 13.1 Å². The predicted molar refractivity (Wildman–Crippen MR) is 99.4 cm³/mol. The normalized spacial score (nSPS) is 13.2. The highest BCUT2D eigenvalue weighted by Crippen LogP contribution is 2.33. The van der Waals surface area contributed by atoms with E-state index < -0.39 is 0 Å². The number of ether oxygens (including phenoxy) is 1.